The predicted octanol–water partition coefficient (Wildman–Crippen LogP) is 7.86. The summed E-state index contributed by atoms with van der Waals surface area (Å²) in [7, 11) is 0. The van der Waals surface area contributed by atoms with Crippen molar-refractivity contribution in [3.63, 3.8) is 0 Å². The minimum atomic E-state index is 0.257. The Bertz CT molecular complexity index is 1320. The third-order valence-corrected chi connectivity index (χ3v) is 6.50. The number of nitrogens with zero attached hydrogens (tertiary/aromatic N) is 1. The van der Waals surface area contributed by atoms with Gasteiger partial charge < -0.3 is 9.84 Å². The van der Waals surface area contributed by atoms with E-state index in [9.17, 15) is 5.11 Å². The van der Waals surface area contributed by atoms with E-state index >= 15 is 0 Å². The Hall–Kier alpha value is -4.21. The van der Waals surface area contributed by atoms with Gasteiger partial charge in [0, 0.05) is 48.6 Å². The number of hydrogen-bond acceptors (Lipinski definition) is 2. The normalized spacial score (nSPS) is 12.9. The second-order valence-corrected chi connectivity index (χ2v) is 9.14. The van der Waals surface area contributed by atoms with Crippen molar-refractivity contribution in [2.24, 2.45) is 0 Å². The average Bonchev–Trinajstić information content (AvgIpc) is 2.99. The van der Waals surface area contributed by atoms with E-state index < -0.39 is 0 Å². The van der Waals surface area contributed by atoms with Crippen molar-refractivity contribution in [3.8, 4) is 45.1 Å². The summed E-state index contributed by atoms with van der Waals surface area (Å²) >= 11 is 0. The van der Waals surface area contributed by atoms with Gasteiger partial charge in [0.15, 0.2) is 0 Å². The van der Waals surface area contributed by atoms with Crippen LogP contribution in [0.3, 0.4) is 0 Å². The third-order valence-electron chi connectivity index (χ3n) is 6.50. The van der Waals surface area contributed by atoms with Gasteiger partial charge in [-0.2, -0.15) is 4.57 Å². The maximum Gasteiger partial charge on any atom is 0.219 e. The molecular weight excluding hydrogens is 454 g/mol. The van der Waals surface area contributed by atoms with E-state index in [2.05, 4.69) is 89.5 Å². The number of hydrogen-bond donors (Lipinski definition) is 1. The van der Waals surface area contributed by atoms with Crippen LogP contribution in [0.25, 0.3) is 39.3 Å². The number of phenolic OH excluding ortho intramolecular Hbond substituents is 1. The number of ether oxygens (including phenoxy) is 1. The molecule has 0 amide bonds. The summed E-state index contributed by atoms with van der Waals surface area (Å²) in [5, 5.41) is 9.86. The Morgan fingerprint density at radius 3 is 1.35 bits per heavy atom. The molecule has 1 fully saturated rings. The monoisotopic (exact) mass is 486 g/mol. The molecule has 6 rings (SSSR count). The Morgan fingerprint density at radius 1 is 0.486 bits per heavy atom. The van der Waals surface area contributed by atoms with Crippen molar-refractivity contribution < 1.29 is 14.4 Å². The molecule has 1 aliphatic heterocycles. The zero-order valence-electron chi connectivity index (χ0n) is 21.0. The van der Waals surface area contributed by atoms with Gasteiger partial charge in [0.1, 0.15) is 5.75 Å². The molecule has 3 nitrogen and oxygen atoms in total. The topological polar surface area (TPSA) is 33.3 Å². The van der Waals surface area contributed by atoms with Crippen LogP contribution in [-0.4, -0.2) is 18.3 Å². The van der Waals surface area contributed by atoms with Crippen molar-refractivity contribution in [2.45, 2.75) is 19.3 Å². The molecule has 4 aromatic carbocycles. The zero-order chi connectivity index (χ0) is 25.3. The number of benzene rings is 4. The number of aromatic hydroxyl groups is 1. The molecule has 37 heavy (non-hydrogen) atoms. The summed E-state index contributed by atoms with van der Waals surface area (Å²) in [6.45, 7) is 2.00. The van der Waals surface area contributed by atoms with Gasteiger partial charge in [0.2, 0.25) is 17.1 Å². The van der Waals surface area contributed by atoms with Gasteiger partial charge in [-0.05, 0) is 66.8 Å². The first-order valence-corrected chi connectivity index (χ1v) is 12.9. The highest BCUT2D eigenvalue weighted by Crippen LogP contribution is 2.30. The fourth-order valence-electron chi connectivity index (χ4n) is 4.60. The van der Waals surface area contributed by atoms with Crippen LogP contribution in [0.15, 0.2) is 127 Å². The van der Waals surface area contributed by atoms with Gasteiger partial charge in [-0.1, -0.05) is 66.7 Å². The standard InChI is InChI=1S/C29H21NO.C5H10O/c31-27-18-16-26(17-19-27)30-28(23-12-6-2-7-13-23)20-25(22-10-4-1-5-11-22)21-29(30)24-14-8-3-9-15-24;1-2-4-6-5-3-1/h1-21H;1-5H2/p+1. The van der Waals surface area contributed by atoms with Gasteiger partial charge in [0.05, 0.1) is 0 Å². The van der Waals surface area contributed by atoms with E-state index in [0.717, 1.165) is 47.0 Å². The minimum absolute atomic E-state index is 0.257. The van der Waals surface area contributed by atoms with Crippen LogP contribution < -0.4 is 4.57 Å². The van der Waals surface area contributed by atoms with Crippen LogP contribution in [0.2, 0.25) is 0 Å². The quantitative estimate of drug-likeness (QED) is 0.262. The Morgan fingerprint density at radius 2 is 0.946 bits per heavy atom. The van der Waals surface area contributed by atoms with E-state index in [1.807, 2.05) is 30.3 Å². The van der Waals surface area contributed by atoms with Crippen molar-refractivity contribution in [1.29, 1.82) is 0 Å². The number of pyridine rings is 1. The second kappa shape index (κ2) is 12.2. The molecule has 0 radical (unpaired) electrons. The molecule has 0 spiro atoms. The second-order valence-electron chi connectivity index (χ2n) is 9.14. The maximum atomic E-state index is 9.86. The van der Waals surface area contributed by atoms with E-state index in [1.54, 1.807) is 12.1 Å². The van der Waals surface area contributed by atoms with Gasteiger partial charge in [-0.3, -0.25) is 0 Å². The molecule has 1 N–H and O–H groups in total. The van der Waals surface area contributed by atoms with Crippen LogP contribution in [0.5, 0.6) is 5.75 Å². The first kappa shape index (κ1) is 24.5. The molecular formula is C34H32NO2+. The molecule has 1 aliphatic rings. The van der Waals surface area contributed by atoms with Gasteiger partial charge in [0.25, 0.3) is 0 Å². The van der Waals surface area contributed by atoms with Gasteiger partial charge in [-0.25, -0.2) is 0 Å². The van der Waals surface area contributed by atoms with E-state index in [-0.39, 0.29) is 5.75 Å². The highest BCUT2D eigenvalue weighted by molar-refractivity contribution is 5.74. The molecule has 3 heteroatoms. The van der Waals surface area contributed by atoms with Crippen LogP contribution >= 0.6 is 0 Å². The minimum Gasteiger partial charge on any atom is -0.508 e. The molecule has 184 valence electrons. The fraction of sp³-hybridized carbons (Fsp3) is 0.147. The highest BCUT2D eigenvalue weighted by Gasteiger charge is 2.24. The number of aromatic nitrogens is 1. The summed E-state index contributed by atoms with van der Waals surface area (Å²) in [5.41, 5.74) is 7.77. The van der Waals surface area contributed by atoms with E-state index in [4.69, 9.17) is 4.74 Å². The summed E-state index contributed by atoms with van der Waals surface area (Å²) in [6.07, 6.45) is 3.93. The molecule has 0 unspecified atom stereocenters. The fourth-order valence-corrected chi connectivity index (χ4v) is 4.60. The Balaban J connectivity index is 0.000000412. The molecule has 0 saturated carbocycles. The van der Waals surface area contributed by atoms with E-state index in [0.29, 0.717) is 0 Å². The van der Waals surface area contributed by atoms with Crippen molar-refractivity contribution in [3.05, 3.63) is 127 Å². The SMILES string of the molecule is C1CCOCC1.Oc1ccc(-[n+]2c(-c3ccccc3)cc(-c3ccccc3)cc2-c2ccccc2)cc1. The first-order chi connectivity index (χ1) is 18.3. The summed E-state index contributed by atoms with van der Waals surface area (Å²) in [5.74, 6) is 0.257. The van der Waals surface area contributed by atoms with Gasteiger partial charge >= 0.3 is 0 Å². The molecule has 1 saturated heterocycles. The molecule has 5 aromatic rings. The van der Waals surface area contributed by atoms with Crippen molar-refractivity contribution in [1.82, 2.24) is 0 Å². The van der Waals surface area contributed by atoms with Crippen molar-refractivity contribution in [2.75, 3.05) is 13.2 Å². The summed E-state index contributed by atoms with van der Waals surface area (Å²) in [6, 6.07) is 43.2. The number of phenols is 1. The van der Waals surface area contributed by atoms with Crippen molar-refractivity contribution >= 4 is 0 Å². The lowest BCUT2D eigenvalue weighted by molar-refractivity contribution is -0.572. The largest absolute Gasteiger partial charge is 0.508 e. The average molecular weight is 487 g/mol. The highest BCUT2D eigenvalue weighted by atomic mass is 16.5. The predicted molar refractivity (Wildman–Crippen MR) is 151 cm³/mol. The van der Waals surface area contributed by atoms with Gasteiger partial charge in [-0.15, -0.1) is 0 Å². The van der Waals surface area contributed by atoms with E-state index in [1.165, 1.54) is 24.8 Å². The van der Waals surface area contributed by atoms with Crippen LogP contribution in [0.4, 0.5) is 0 Å². The first-order valence-electron chi connectivity index (χ1n) is 12.9. The van der Waals surface area contributed by atoms with Crippen LogP contribution in [-0.2, 0) is 4.74 Å². The van der Waals surface area contributed by atoms with Crippen LogP contribution in [0.1, 0.15) is 19.3 Å². The third kappa shape index (κ3) is 6.14. The summed E-state index contributed by atoms with van der Waals surface area (Å²) in [4.78, 5) is 0. The lowest BCUT2D eigenvalue weighted by Gasteiger charge is -2.12. The lowest BCUT2D eigenvalue weighted by atomic mass is 9.98. The molecule has 2 heterocycles. The zero-order valence-corrected chi connectivity index (χ0v) is 21.0. The molecule has 0 bridgehead atoms. The molecule has 0 aliphatic carbocycles. The Kier molecular flexibility index (Phi) is 8.04. The summed E-state index contributed by atoms with van der Waals surface area (Å²) < 4.78 is 7.33. The lowest BCUT2D eigenvalue weighted by Crippen LogP contribution is -2.36. The van der Waals surface area contributed by atoms with Crippen LogP contribution in [0, 0.1) is 0 Å². The Labute approximate surface area is 219 Å². The number of rotatable bonds is 4. The molecule has 1 aromatic heterocycles. The maximum absolute atomic E-state index is 9.86. The smallest absolute Gasteiger partial charge is 0.219 e. The molecule has 0 atom stereocenters.